The van der Waals surface area contributed by atoms with Crippen LogP contribution in [-0.4, -0.2) is 18.2 Å². The Morgan fingerprint density at radius 2 is 2.00 bits per heavy atom. The van der Waals surface area contributed by atoms with Gasteiger partial charge in [0.25, 0.3) is 0 Å². The van der Waals surface area contributed by atoms with E-state index in [-0.39, 0.29) is 17.8 Å². The van der Waals surface area contributed by atoms with Crippen molar-refractivity contribution in [2.45, 2.75) is 46.1 Å². The zero-order chi connectivity index (χ0) is 19.3. The molecule has 140 valence electrons. The zero-order valence-electron chi connectivity index (χ0n) is 16.0. The van der Waals surface area contributed by atoms with E-state index in [1.54, 1.807) is 6.92 Å². The predicted molar refractivity (Wildman–Crippen MR) is 104 cm³/mol. The van der Waals surface area contributed by atoms with Crippen molar-refractivity contribution in [3.8, 4) is 5.75 Å². The van der Waals surface area contributed by atoms with Crippen LogP contribution in [0, 0.1) is 6.92 Å². The summed E-state index contributed by atoms with van der Waals surface area (Å²) in [5.41, 5.74) is 1.72. The molecule has 0 saturated carbocycles. The van der Waals surface area contributed by atoms with E-state index in [4.69, 9.17) is 13.9 Å². The summed E-state index contributed by atoms with van der Waals surface area (Å²) in [6.45, 7) is 8.09. The summed E-state index contributed by atoms with van der Waals surface area (Å²) in [6.07, 6.45) is 1.50. The van der Waals surface area contributed by atoms with E-state index < -0.39 is 11.6 Å². The van der Waals surface area contributed by atoms with E-state index in [0.717, 1.165) is 34.1 Å². The van der Waals surface area contributed by atoms with Crippen molar-refractivity contribution in [2.75, 3.05) is 6.61 Å². The molecule has 5 nitrogen and oxygen atoms in total. The van der Waals surface area contributed by atoms with Gasteiger partial charge in [-0.15, -0.1) is 0 Å². The van der Waals surface area contributed by atoms with Gasteiger partial charge in [0.2, 0.25) is 0 Å². The molecule has 27 heavy (non-hydrogen) atoms. The van der Waals surface area contributed by atoms with Crippen LogP contribution >= 0.6 is 0 Å². The number of esters is 1. The van der Waals surface area contributed by atoms with Crippen molar-refractivity contribution >= 4 is 27.7 Å². The van der Waals surface area contributed by atoms with E-state index in [1.165, 1.54) is 6.07 Å². The minimum absolute atomic E-state index is 0.236. The van der Waals surface area contributed by atoms with E-state index in [0.29, 0.717) is 17.4 Å². The molecule has 2 heterocycles. The Bertz CT molecular complexity index is 1140. The molecule has 2 aromatic carbocycles. The van der Waals surface area contributed by atoms with Crippen LogP contribution in [-0.2, 0) is 11.2 Å². The van der Waals surface area contributed by atoms with Gasteiger partial charge in [-0.1, -0.05) is 17.7 Å². The standard InChI is InChI=1S/C22H22O5/c1-5-25-21(24)16-11-17(23)26-20-14-8-9-22(3,4)27-19(14)15-10-12(2)6-7-13(15)18(16)20/h6-7,10-11H,5,8-9H2,1-4H3. The molecule has 1 aliphatic rings. The van der Waals surface area contributed by atoms with Gasteiger partial charge < -0.3 is 13.9 Å². The Kier molecular flexibility index (Phi) is 3.98. The first-order valence-corrected chi connectivity index (χ1v) is 9.20. The minimum Gasteiger partial charge on any atom is -0.487 e. The van der Waals surface area contributed by atoms with Gasteiger partial charge in [0.15, 0.2) is 0 Å². The molecular formula is C22H22O5. The van der Waals surface area contributed by atoms with E-state index in [2.05, 4.69) is 6.07 Å². The number of aryl methyl sites for hydroxylation is 2. The Labute approximate surface area is 156 Å². The average Bonchev–Trinajstić information content (AvgIpc) is 2.60. The van der Waals surface area contributed by atoms with Crippen molar-refractivity contribution < 1.29 is 18.7 Å². The lowest BCUT2D eigenvalue weighted by atomic mass is 9.88. The lowest BCUT2D eigenvalue weighted by molar-refractivity contribution is 0.0527. The van der Waals surface area contributed by atoms with Gasteiger partial charge in [-0.25, -0.2) is 9.59 Å². The van der Waals surface area contributed by atoms with Crippen LogP contribution in [0.25, 0.3) is 21.7 Å². The molecule has 1 aliphatic heterocycles. The van der Waals surface area contributed by atoms with E-state index >= 15 is 0 Å². The summed E-state index contributed by atoms with van der Waals surface area (Å²) in [7, 11) is 0. The molecule has 0 bridgehead atoms. The molecule has 0 N–H and O–H groups in total. The summed E-state index contributed by atoms with van der Waals surface area (Å²) in [5, 5.41) is 2.36. The fourth-order valence-corrected chi connectivity index (χ4v) is 3.77. The highest BCUT2D eigenvalue weighted by Crippen LogP contribution is 2.44. The first-order valence-electron chi connectivity index (χ1n) is 9.20. The number of hydrogen-bond donors (Lipinski definition) is 0. The van der Waals surface area contributed by atoms with Gasteiger partial charge in [0, 0.05) is 22.4 Å². The van der Waals surface area contributed by atoms with Crippen LogP contribution in [0.15, 0.2) is 33.5 Å². The van der Waals surface area contributed by atoms with Crippen LogP contribution < -0.4 is 10.4 Å². The van der Waals surface area contributed by atoms with Gasteiger partial charge in [0.1, 0.15) is 16.9 Å². The second kappa shape index (κ2) is 6.12. The first-order chi connectivity index (χ1) is 12.8. The molecule has 0 unspecified atom stereocenters. The molecule has 1 aromatic heterocycles. The van der Waals surface area contributed by atoms with Gasteiger partial charge in [-0.2, -0.15) is 0 Å². The normalized spacial score (nSPS) is 15.4. The Morgan fingerprint density at radius 3 is 2.74 bits per heavy atom. The highest BCUT2D eigenvalue weighted by molar-refractivity contribution is 6.18. The maximum atomic E-state index is 12.6. The fourth-order valence-electron chi connectivity index (χ4n) is 3.77. The monoisotopic (exact) mass is 366 g/mol. The molecule has 5 heteroatoms. The number of ether oxygens (including phenoxy) is 2. The lowest BCUT2D eigenvalue weighted by Gasteiger charge is -2.34. The van der Waals surface area contributed by atoms with Crippen molar-refractivity contribution in [2.24, 2.45) is 0 Å². The summed E-state index contributed by atoms with van der Waals surface area (Å²) < 4.78 is 17.1. The molecule has 0 saturated heterocycles. The molecular weight excluding hydrogens is 344 g/mol. The maximum Gasteiger partial charge on any atom is 0.339 e. The fraction of sp³-hybridized carbons (Fsp3) is 0.364. The molecule has 0 fully saturated rings. The lowest BCUT2D eigenvalue weighted by Crippen LogP contribution is -2.33. The van der Waals surface area contributed by atoms with Crippen LogP contribution in [0.2, 0.25) is 0 Å². The Balaban J connectivity index is 2.19. The van der Waals surface area contributed by atoms with Gasteiger partial charge in [-0.05, 0) is 52.0 Å². The second-order valence-corrected chi connectivity index (χ2v) is 7.62. The molecule has 3 aromatic rings. The SMILES string of the molecule is CCOC(=O)c1cc(=O)oc2c3c(c4cc(C)ccc4c12)OC(C)(C)CC3. The van der Waals surface area contributed by atoms with E-state index in [9.17, 15) is 9.59 Å². The number of fused-ring (bicyclic) bond motifs is 6. The van der Waals surface area contributed by atoms with Crippen LogP contribution in [0.3, 0.4) is 0 Å². The largest absolute Gasteiger partial charge is 0.487 e. The van der Waals surface area contributed by atoms with Crippen LogP contribution in [0.5, 0.6) is 5.75 Å². The first kappa shape index (κ1) is 17.6. The quantitative estimate of drug-likeness (QED) is 0.379. The van der Waals surface area contributed by atoms with Crippen LogP contribution in [0.4, 0.5) is 0 Å². The molecule has 0 radical (unpaired) electrons. The Morgan fingerprint density at radius 1 is 1.22 bits per heavy atom. The number of benzene rings is 2. The van der Waals surface area contributed by atoms with E-state index in [1.807, 2.05) is 32.9 Å². The van der Waals surface area contributed by atoms with Crippen LogP contribution in [0.1, 0.15) is 48.7 Å². The second-order valence-electron chi connectivity index (χ2n) is 7.62. The number of carbonyl (C=O) groups is 1. The minimum atomic E-state index is -0.566. The summed E-state index contributed by atoms with van der Waals surface area (Å²) in [6, 6.07) is 7.19. The molecule has 0 spiro atoms. The highest BCUT2D eigenvalue weighted by atomic mass is 16.5. The smallest absolute Gasteiger partial charge is 0.339 e. The topological polar surface area (TPSA) is 65.7 Å². The third kappa shape index (κ3) is 2.87. The average molecular weight is 366 g/mol. The van der Waals surface area contributed by atoms with Gasteiger partial charge in [-0.3, -0.25) is 0 Å². The summed E-state index contributed by atoms with van der Waals surface area (Å²) >= 11 is 0. The molecule has 0 aliphatic carbocycles. The van der Waals surface area contributed by atoms with Crippen molar-refractivity contribution in [1.29, 1.82) is 0 Å². The van der Waals surface area contributed by atoms with Gasteiger partial charge >= 0.3 is 11.6 Å². The Hall–Kier alpha value is -2.82. The van der Waals surface area contributed by atoms with Crippen molar-refractivity contribution in [1.82, 2.24) is 0 Å². The number of rotatable bonds is 2. The summed E-state index contributed by atoms with van der Waals surface area (Å²) in [5.74, 6) is 0.218. The number of carbonyl (C=O) groups excluding carboxylic acids is 1. The maximum absolute atomic E-state index is 12.6. The van der Waals surface area contributed by atoms with Gasteiger partial charge in [0.05, 0.1) is 12.2 Å². The molecule has 0 atom stereocenters. The number of hydrogen-bond acceptors (Lipinski definition) is 5. The summed E-state index contributed by atoms with van der Waals surface area (Å²) in [4.78, 5) is 24.8. The third-order valence-corrected chi connectivity index (χ3v) is 5.05. The predicted octanol–water partition coefficient (Wildman–Crippen LogP) is 4.53. The zero-order valence-corrected chi connectivity index (χ0v) is 16.0. The third-order valence-electron chi connectivity index (χ3n) is 5.05. The molecule has 0 amide bonds. The highest BCUT2D eigenvalue weighted by Gasteiger charge is 2.32. The van der Waals surface area contributed by atoms with Crippen molar-refractivity contribution in [3.63, 3.8) is 0 Å². The molecule has 4 rings (SSSR count). The van der Waals surface area contributed by atoms with Crippen molar-refractivity contribution in [3.05, 3.63) is 51.4 Å².